The average Bonchev–Trinajstić information content (AvgIpc) is 2.31. The van der Waals surface area contributed by atoms with Gasteiger partial charge in [0.05, 0.1) is 6.61 Å². The van der Waals surface area contributed by atoms with Gasteiger partial charge in [-0.2, -0.15) is 0 Å². The molecule has 1 aliphatic heterocycles. The van der Waals surface area contributed by atoms with Gasteiger partial charge in [0.2, 0.25) is 5.91 Å². The highest BCUT2D eigenvalue weighted by Gasteiger charge is 2.09. The summed E-state index contributed by atoms with van der Waals surface area (Å²) in [7, 11) is 0. The van der Waals surface area contributed by atoms with Gasteiger partial charge < -0.3 is 15.4 Å². The SMILES string of the molecule is CCOCCC(=O)NCCN1CCNCC1.Cl. The fourth-order valence-corrected chi connectivity index (χ4v) is 1.69. The summed E-state index contributed by atoms with van der Waals surface area (Å²) in [6, 6.07) is 0. The Morgan fingerprint density at radius 2 is 2.12 bits per heavy atom. The molecular formula is C11H24ClN3O2. The van der Waals surface area contributed by atoms with Gasteiger partial charge in [0.1, 0.15) is 0 Å². The molecule has 0 unspecified atom stereocenters. The summed E-state index contributed by atoms with van der Waals surface area (Å²) in [4.78, 5) is 13.7. The fourth-order valence-electron chi connectivity index (χ4n) is 1.69. The molecule has 0 aromatic rings. The number of carbonyl (C=O) groups excluding carboxylic acids is 1. The third-order valence-electron chi connectivity index (χ3n) is 2.64. The molecule has 0 saturated carbocycles. The predicted octanol–water partition coefficient (Wildman–Crippen LogP) is -0.144. The van der Waals surface area contributed by atoms with Crippen LogP contribution in [-0.2, 0) is 9.53 Å². The number of ether oxygens (including phenoxy) is 1. The highest BCUT2D eigenvalue weighted by Crippen LogP contribution is 1.90. The molecule has 1 rings (SSSR count). The van der Waals surface area contributed by atoms with Crippen LogP contribution >= 0.6 is 12.4 Å². The first kappa shape index (κ1) is 16.6. The summed E-state index contributed by atoms with van der Waals surface area (Å²) in [5, 5.41) is 6.21. The Balaban J connectivity index is 0.00000256. The molecule has 0 aromatic heterocycles. The molecule has 1 saturated heterocycles. The minimum Gasteiger partial charge on any atom is -0.381 e. The molecule has 1 fully saturated rings. The van der Waals surface area contributed by atoms with Crippen molar-refractivity contribution in [2.24, 2.45) is 0 Å². The monoisotopic (exact) mass is 265 g/mol. The molecule has 1 heterocycles. The van der Waals surface area contributed by atoms with Gasteiger partial charge >= 0.3 is 0 Å². The van der Waals surface area contributed by atoms with Gasteiger partial charge in [0, 0.05) is 52.3 Å². The Kier molecular flexibility index (Phi) is 10.5. The highest BCUT2D eigenvalue weighted by atomic mass is 35.5. The quantitative estimate of drug-likeness (QED) is 0.629. The lowest BCUT2D eigenvalue weighted by Gasteiger charge is -2.27. The lowest BCUT2D eigenvalue weighted by molar-refractivity contribution is -0.122. The van der Waals surface area contributed by atoms with Crippen LogP contribution in [0.4, 0.5) is 0 Å². The van der Waals surface area contributed by atoms with Crippen LogP contribution in [0.25, 0.3) is 0 Å². The van der Waals surface area contributed by atoms with Crippen molar-refractivity contribution in [3.63, 3.8) is 0 Å². The second-order valence-corrected chi connectivity index (χ2v) is 3.89. The Bertz CT molecular complexity index is 199. The van der Waals surface area contributed by atoms with Crippen molar-refractivity contribution in [1.29, 1.82) is 0 Å². The van der Waals surface area contributed by atoms with Crippen LogP contribution in [0.2, 0.25) is 0 Å². The zero-order valence-electron chi connectivity index (χ0n) is 10.5. The molecule has 0 radical (unpaired) electrons. The van der Waals surface area contributed by atoms with Crippen LogP contribution in [0.1, 0.15) is 13.3 Å². The van der Waals surface area contributed by atoms with E-state index in [0.717, 1.165) is 39.3 Å². The summed E-state index contributed by atoms with van der Waals surface area (Å²) < 4.78 is 5.12. The predicted molar refractivity (Wildman–Crippen MR) is 70.7 cm³/mol. The number of hydrogen-bond acceptors (Lipinski definition) is 4. The molecule has 102 valence electrons. The first-order valence-corrected chi connectivity index (χ1v) is 6.10. The average molecular weight is 266 g/mol. The second-order valence-electron chi connectivity index (χ2n) is 3.89. The third-order valence-corrected chi connectivity index (χ3v) is 2.64. The highest BCUT2D eigenvalue weighted by molar-refractivity contribution is 5.85. The van der Waals surface area contributed by atoms with E-state index in [-0.39, 0.29) is 18.3 Å². The lowest BCUT2D eigenvalue weighted by Crippen LogP contribution is -2.46. The van der Waals surface area contributed by atoms with Crippen molar-refractivity contribution in [2.45, 2.75) is 13.3 Å². The molecule has 2 N–H and O–H groups in total. The molecule has 5 nitrogen and oxygen atoms in total. The van der Waals surface area contributed by atoms with E-state index in [9.17, 15) is 4.79 Å². The number of hydrogen-bond donors (Lipinski definition) is 2. The van der Waals surface area contributed by atoms with E-state index >= 15 is 0 Å². The van der Waals surface area contributed by atoms with E-state index in [2.05, 4.69) is 15.5 Å². The molecule has 0 atom stereocenters. The molecule has 1 aliphatic rings. The summed E-state index contributed by atoms with van der Waals surface area (Å²) in [6.45, 7) is 9.08. The topological polar surface area (TPSA) is 53.6 Å². The van der Waals surface area contributed by atoms with Crippen LogP contribution in [0.3, 0.4) is 0 Å². The van der Waals surface area contributed by atoms with Gasteiger partial charge in [-0.1, -0.05) is 0 Å². The van der Waals surface area contributed by atoms with Gasteiger partial charge in [-0.15, -0.1) is 12.4 Å². The summed E-state index contributed by atoms with van der Waals surface area (Å²) in [5.41, 5.74) is 0. The maximum absolute atomic E-state index is 11.3. The third kappa shape index (κ3) is 8.37. The fraction of sp³-hybridized carbons (Fsp3) is 0.909. The van der Waals surface area contributed by atoms with E-state index in [1.807, 2.05) is 6.92 Å². The molecule has 0 aromatic carbocycles. The van der Waals surface area contributed by atoms with Crippen molar-refractivity contribution in [2.75, 3.05) is 52.5 Å². The summed E-state index contributed by atoms with van der Waals surface area (Å²) >= 11 is 0. The zero-order chi connectivity index (χ0) is 11.6. The zero-order valence-corrected chi connectivity index (χ0v) is 11.4. The second kappa shape index (κ2) is 10.8. The summed E-state index contributed by atoms with van der Waals surface area (Å²) in [5.74, 6) is 0.0867. The van der Waals surface area contributed by atoms with E-state index < -0.39 is 0 Å². The Hall–Kier alpha value is -0.360. The van der Waals surface area contributed by atoms with Crippen molar-refractivity contribution in [3.05, 3.63) is 0 Å². The van der Waals surface area contributed by atoms with E-state index in [4.69, 9.17) is 4.74 Å². The normalized spacial score (nSPS) is 16.3. The molecular weight excluding hydrogens is 242 g/mol. The maximum atomic E-state index is 11.3. The minimum absolute atomic E-state index is 0. The number of rotatable bonds is 7. The van der Waals surface area contributed by atoms with Gasteiger partial charge in [-0.05, 0) is 6.92 Å². The molecule has 17 heavy (non-hydrogen) atoms. The largest absolute Gasteiger partial charge is 0.381 e. The number of nitrogens with one attached hydrogen (secondary N) is 2. The van der Waals surface area contributed by atoms with Crippen LogP contribution < -0.4 is 10.6 Å². The smallest absolute Gasteiger partial charge is 0.222 e. The Morgan fingerprint density at radius 1 is 1.41 bits per heavy atom. The van der Waals surface area contributed by atoms with Crippen molar-refractivity contribution in [1.82, 2.24) is 15.5 Å². The number of carbonyl (C=O) groups is 1. The van der Waals surface area contributed by atoms with Crippen molar-refractivity contribution < 1.29 is 9.53 Å². The van der Waals surface area contributed by atoms with Crippen LogP contribution in [0, 0.1) is 0 Å². The molecule has 1 amide bonds. The van der Waals surface area contributed by atoms with Gasteiger partial charge in [-0.3, -0.25) is 9.69 Å². The molecule has 0 aliphatic carbocycles. The molecule has 6 heteroatoms. The van der Waals surface area contributed by atoms with E-state index in [1.54, 1.807) is 0 Å². The van der Waals surface area contributed by atoms with Gasteiger partial charge in [-0.25, -0.2) is 0 Å². The van der Waals surface area contributed by atoms with Crippen LogP contribution in [0.15, 0.2) is 0 Å². The van der Waals surface area contributed by atoms with Gasteiger partial charge in [0.15, 0.2) is 0 Å². The first-order chi connectivity index (χ1) is 7.83. The standard InChI is InChI=1S/C11H23N3O2.ClH/c1-2-16-10-3-11(15)13-6-9-14-7-4-12-5-8-14;/h12H,2-10H2,1H3,(H,13,15);1H. The van der Waals surface area contributed by atoms with Gasteiger partial charge in [0.25, 0.3) is 0 Å². The minimum atomic E-state index is 0. The van der Waals surface area contributed by atoms with Crippen LogP contribution in [-0.4, -0.2) is 63.3 Å². The molecule has 0 bridgehead atoms. The first-order valence-electron chi connectivity index (χ1n) is 6.10. The Morgan fingerprint density at radius 3 is 2.76 bits per heavy atom. The summed E-state index contributed by atoms with van der Waals surface area (Å²) in [6.07, 6.45) is 0.468. The van der Waals surface area contributed by atoms with Crippen molar-refractivity contribution in [3.8, 4) is 0 Å². The number of nitrogens with zero attached hydrogens (tertiary/aromatic N) is 1. The van der Waals surface area contributed by atoms with E-state index in [1.165, 1.54) is 0 Å². The maximum Gasteiger partial charge on any atom is 0.222 e. The van der Waals surface area contributed by atoms with Crippen LogP contribution in [0.5, 0.6) is 0 Å². The molecule has 0 spiro atoms. The van der Waals surface area contributed by atoms with Crippen molar-refractivity contribution >= 4 is 18.3 Å². The number of halogens is 1. The number of piperazine rings is 1. The lowest BCUT2D eigenvalue weighted by atomic mass is 10.3. The number of amides is 1. The van der Waals surface area contributed by atoms with E-state index in [0.29, 0.717) is 19.6 Å². The Labute approximate surface area is 110 Å².